The minimum Gasteiger partial charge on any atom is -0.493 e. The van der Waals surface area contributed by atoms with Crippen LogP contribution < -0.4 is 14.8 Å². The van der Waals surface area contributed by atoms with Crippen LogP contribution >= 0.6 is 0 Å². The molecule has 4 heterocycles. The topological polar surface area (TPSA) is 89.7 Å². The van der Waals surface area contributed by atoms with Gasteiger partial charge in [-0.25, -0.2) is 9.97 Å². The average Bonchev–Trinajstić information content (AvgIpc) is 3.31. The number of nitrogens with zero attached hydrogens (tertiary/aromatic N) is 6. The lowest BCUT2D eigenvalue weighted by Crippen LogP contribution is -2.45. The van der Waals surface area contributed by atoms with E-state index in [0.717, 1.165) is 29.6 Å². The first-order valence-corrected chi connectivity index (χ1v) is 11.8. The van der Waals surface area contributed by atoms with Gasteiger partial charge in [0.2, 0.25) is 5.95 Å². The molecule has 0 aliphatic carbocycles. The van der Waals surface area contributed by atoms with Crippen LogP contribution in [0.2, 0.25) is 0 Å². The van der Waals surface area contributed by atoms with E-state index in [9.17, 15) is 0 Å². The Balaban J connectivity index is 1.55. The smallest absolute Gasteiger partial charge is 0.226 e. The Kier molecular flexibility index (Phi) is 6.19. The third kappa shape index (κ3) is 4.11. The van der Waals surface area contributed by atoms with Gasteiger partial charge in [-0.1, -0.05) is 6.42 Å². The third-order valence-electron chi connectivity index (χ3n) is 6.73. The molecule has 9 heteroatoms. The molecule has 1 N–H and O–H groups in total. The SMILES string of the molecule is COc1cc2nc(NCCN3[C@H](C)CCC[C@H]3C)n3nc(-c4cccnc4)nc3c2cc1OC. The van der Waals surface area contributed by atoms with E-state index in [2.05, 4.69) is 29.0 Å². The zero-order valence-electron chi connectivity index (χ0n) is 20.2. The van der Waals surface area contributed by atoms with Gasteiger partial charge in [0.25, 0.3) is 0 Å². The lowest BCUT2D eigenvalue weighted by Gasteiger charge is -2.39. The number of rotatable bonds is 7. The summed E-state index contributed by atoms with van der Waals surface area (Å²) < 4.78 is 12.8. The minimum absolute atomic E-state index is 0.593. The number of methoxy groups -OCH3 is 2. The Morgan fingerprint density at radius 3 is 2.53 bits per heavy atom. The zero-order chi connectivity index (χ0) is 23.7. The first-order valence-electron chi connectivity index (χ1n) is 11.8. The number of hydrogen-bond donors (Lipinski definition) is 1. The van der Waals surface area contributed by atoms with Crippen LogP contribution in [-0.2, 0) is 0 Å². The number of pyridine rings is 1. The molecule has 2 atom stereocenters. The fraction of sp³-hybridized carbons (Fsp3) is 0.440. The van der Waals surface area contributed by atoms with Crippen LogP contribution in [0.5, 0.6) is 11.5 Å². The molecule has 0 radical (unpaired) electrons. The maximum atomic E-state index is 5.53. The molecule has 178 valence electrons. The Morgan fingerprint density at radius 1 is 1.06 bits per heavy atom. The third-order valence-corrected chi connectivity index (χ3v) is 6.73. The fourth-order valence-corrected chi connectivity index (χ4v) is 4.88. The highest BCUT2D eigenvalue weighted by Crippen LogP contribution is 2.34. The predicted molar refractivity (Wildman–Crippen MR) is 133 cm³/mol. The van der Waals surface area contributed by atoms with Crippen LogP contribution in [0.4, 0.5) is 5.95 Å². The highest BCUT2D eigenvalue weighted by molar-refractivity contribution is 5.95. The van der Waals surface area contributed by atoms with Crippen molar-refractivity contribution in [3.8, 4) is 22.9 Å². The minimum atomic E-state index is 0.593. The van der Waals surface area contributed by atoms with Crippen molar-refractivity contribution in [3.05, 3.63) is 36.7 Å². The van der Waals surface area contributed by atoms with Crippen LogP contribution in [0, 0.1) is 0 Å². The highest BCUT2D eigenvalue weighted by Gasteiger charge is 2.24. The number of likely N-dealkylation sites (tertiary alicyclic amines) is 1. The van der Waals surface area contributed by atoms with Gasteiger partial charge in [-0.3, -0.25) is 9.88 Å². The molecule has 1 aromatic carbocycles. The number of nitrogens with one attached hydrogen (secondary N) is 1. The van der Waals surface area contributed by atoms with E-state index >= 15 is 0 Å². The van der Waals surface area contributed by atoms with Crippen molar-refractivity contribution in [1.29, 1.82) is 0 Å². The molecule has 0 spiro atoms. The number of benzene rings is 1. The van der Waals surface area contributed by atoms with Crippen molar-refractivity contribution in [2.45, 2.75) is 45.2 Å². The Morgan fingerprint density at radius 2 is 1.82 bits per heavy atom. The molecule has 0 saturated carbocycles. The molecule has 1 saturated heterocycles. The molecule has 4 aromatic rings. The van der Waals surface area contributed by atoms with Crippen molar-refractivity contribution >= 4 is 22.5 Å². The second kappa shape index (κ2) is 9.42. The van der Waals surface area contributed by atoms with Crippen molar-refractivity contribution in [2.75, 3.05) is 32.6 Å². The summed E-state index contributed by atoms with van der Waals surface area (Å²) in [7, 11) is 3.25. The number of piperidine rings is 1. The van der Waals surface area contributed by atoms with Crippen LogP contribution in [-0.4, -0.2) is 68.9 Å². The van der Waals surface area contributed by atoms with Crippen LogP contribution in [0.25, 0.3) is 27.9 Å². The normalized spacial score (nSPS) is 18.9. The number of aromatic nitrogens is 5. The number of anilines is 1. The summed E-state index contributed by atoms with van der Waals surface area (Å²) in [4.78, 5) is 16.5. The van der Waals surface area contributed by atoms with Crippen LogP contribution in [0.1, 0.15) is 33.1 Å². The summed E-state index contributed by atoms with van der Waals surface area (Å²) in [5, 5.41) is 9.14. The van der Waals surface area contributed by atoms with E-state index in [0.29, 0.717) is 41.0 Å². The van der Waals surface area contributed by atoms with Crippen molar-refractivity contribution < 1.29 is 9.47 Å². The van der Waals surface area contributed by atoms with E-state index in [1.165, 1.54) is 19.3 Å². The molecule has 0 bridgehead atoms. The Hall–Kier alpha value is -3.46. The predicted octanol–water partition coefficient (Wildman–Crippen LogP) is 4.03. The molecule has 1 aliphatic rings. The van der Waals surface area contributed by atoms with E-state index < -0.39 is 0 Å². The quantitative estimate of drug-likeness (QED) is 0.441. The molecule has 5 rings (SSSR count). The van der Waals surface area contributed by atoms with Crippen molar-refractivity contribution in [3.63, 3.8) is 0 Å². The lowest BCUT2D eigenvalue weighted by molar-refractivity contribution is 0.109. The molecular weight excluding hydrogens is 430 g/mol. The van der Waals surface area contributed by atoms with Gasteiger partial charge in [0.05, 0.1) is 19.7 Å². The number of ether oxygens (including phenoxy) is 2. The Bertz CT molecular complexity index is 1280. The summed E-state index contributed by atoms with van der Waals surface area (Å²) in [6.07, 6.45) is 7.31. The van der Waals surface area contributed by atoms with Gasteiger partial charge in [0.1, 0.15) is 0 Å². The Labute approximate surface area is 199 Å². The molecule has 1 fully saturated rings. The van der Waals surface area contributed by atoms with Crippen molar-refractivity contribution in [2.24, 2.45) is 0 Å². The van der Waals surface area contributed by atoms with Gasteiger partial charge >= 0.3 is 0 Å². The summed E-state index contributed by atoms with van der Waals surface area (Å²) in [6, 6.07) is 8.80. The average molecular weight is 462 g/mol. The second-order valence-electron chi connectivity index (χ2n) is 8.87. The second-order valence-corrected chi connectivity index (χ2v) is 8.87. The highest BCUT2D eigenvalue weighted by atomic mass is 16.5. The standard InChI is InChI=1S/C25H31N7O2/c1-16-7-5-8-17(2)31(16)12-11-27-25-28-20-14-22(34-4)21(33-3)13-19(20)24-29-23(30-32(24)25)18-9-6-10-26-15-18/h6,9-10,13-17H,5,7-8,11-12H2,1-4H3,(H,27,28)/t16-,17-/m1/s1. The molecule has 3 aromatic heterocycles. The van der Waals surface area contributed by atoms with E-state index in [-0.39, 0.29) is 0 Å². The fourth-order valence-electron chi connectivity index (χ4n) is 4.88. The largest absolute Gasteiger partial charge is 0.493 e. The molecule has 0 unspecified atom stereocenters. The number of fused-ring (bicyclic) bond motifs is 3. The molecule has 0 amide bonds. The van der Waals surface area contributed by atoms with E-state index in [1.54, 1.807) is 31.1 Å². The number of hydrogen-bond acceptors (Lipinski definition) is 8. The van der Waals surface area contributed by atoms with Gasteiger partial charge in [-0.2, -0.15) is 4.52 Å². The van der Waals surface area contributed by atoms with Gasteiger partial charge in [-0.15, -0.1) is 5.10 Å². The summed E-state index contributed by atoms with van der Waals surface area (Å²) >= 11 is 0. The van der Waals surface area contributed by atoms with Gasteiger partial charge in [-0.05, 0) is 44.9 Å². The maximum absolute atomic E-state index is 5.53. The first kappa shape index (κ1) is 22.3. The summed E-state index contributed by atoms with van der Waals surface area (Å²) in [5.74, 6) is 2.49. The van der Waals surface area contributed by atoms with Gasteiger partial charge in [0, 0.05) is 54.6 Å². The summed E-state index contributed by atoms with van der Waals surface area (Å²) in [6.45, 7) is 6.34. The van der Waals surface area contributed by atoms with Crippen molar-refractivity contribution in [1.82, 2.24) is 29.5 Å². The molecule has 34 heavy (non-hydrogen) atoms. The van der Waals surface area contributed by atoms with E-state index in [4.69, 9.17) is 24.5 Å². The van der Waals surface area contributed by atoms with Crippen LogP contribution in [0.3, 0.4) is 0 Å². The molecule has 1 aliphatic heterocycles. The molecular formula is C25H31N7O2. The zero-order valence-corrected chi connectivity index (χ0v) is 20.2. The maximum Gasteiger partial charge on any atom is 0.226 e. The summed E-state index contributed by atoms with van der Waals surface area (Å²) in [5.41, 5.74) is 2.31. The van der Waals surface area contributed by atoms with Gasteiger partial charge in [0.15, 0.2) is 23.0 Å². The van der Waals surface area contributed by atoms with Crippen LogP contribution in [0.15, 0.2) is 36.7 Å². The first-order chi connectivity index (χ1) is 16.6. The molecule has 9 nitrogen and oxygen atoms in total. The lowest BCUT2D eigenvalue weighted by atomic mass is 9.98. The monoisotopic (exact) mass is 461 g/mol. The van der Waals surface area contributed by atoms with Gasteiger partial charge < -0.3 is 14.8 Å². The van der Waals surface area contributed by atoms with E-state index in [1.807, 2.05) is 24.3 Å².